The highest BCUT2D eigenvalue weighted by Crippen LogP contribution is 2.67. The van der Waals surface area contributed by atoms with Crippen LogP contribution >= 0.6 is 0 Å². The Labute approximate surface area is 200 Å². The van der Waals surface area contributed by atoms with Crippen molar-refractivity contribution in [2.45, 2.75) is 70.5 Å². The van der Waals surface area contributed by atoms with Crippen molar-refractivity contribution in [1.82, 2.24) is 0 Å². The first-order valence-electron chi connectivity index (χ1n) is 12.4. The molecule has 0 aromatic carbocycles. The van der Waals surface area contributed by atoms with E-state index >= 15 is 0 Å². The molecule has 0 radical (unpaired) electrons. The number of fused-ring (bicyclic) bond motifs is 5. The van der Waals surface area contributed by atoms with Crippen LogP contribution in [-0.2, 0) is 19.1 Å². The second-order valence-electron chi connectivity index (χ2n) is 10.9. The lowest BCUT2D eigenvalue weighted by Crippen LogP contribution is -2.61. The minimum absolute atomic E-state index is 0.0141. The van der Waals surface area contributed by atoms with Crippen molar-refractivity contribution in [2.24, 2.45) is 34.3 Å². The number of carbonyl (C=O) groups is 3. The molecule has 0 bridgehead atoms. The summed E-state index contributed by atoms with van der Waals surface area (Å²) in [5, 5.41) is 23.0. The summed E-state index contributed by atoms with van der Waals surface area (Å²) >= 11 is 0. The van der Waals surface area contributed by atoms with Gasteiger partial charge in [-0.3, -0.25) is 9.59 Å². The van der Waals surface area contributed by atoms with Crippen LogP contribution in [0.15, 0.2) is 23.8 Å². The Hall–Kier alpha value is -2.03. The number of aliphatic hydroxyl groups excluding tert-OH is 1. The van der Waals surface area contributed by atoms with E-state index in [4.69, 9.17) is 15.2 Å². The first-order valence-corrected chi connectivity index (χ1v) is 12.4. The van der Waals surface area contributed by atoms with E-state index in [0.717, 1.165) is 24.8 Å². The van der Waals surface area contributed by atoms with Crippen molar-refractivity contribution in [3.05, 3.63) is 23.8 Å². The molecule has 4 aliphatic rings. The molecule has 0 unspecified atom stereocenters. The summed E-state index contributed by atoms with van der Waals surface area (Å²) in [6, 6.07) is 0. The van der Waals surface area contributed by atoms with Crippen LogP contribution in [0.4, 0.5) is 4.79 Å². The van der Waals surface area contributed by atoms with E-state index in [1.54, 1.807) is 12.2 Å². The molecule has 0 aromatic heterocycles. The van der Waals surface area contributed by atoms with Gasteiger partial charge in [0.2, 0.25) is 5.78 Å². The van der Waals surface area contributed by atoms with Crippen molar-refractivity contribution in [3.63, 3.8) is 0 Å². The van der Waals surface area contributed by atoms with Crippen molar-refractivity contribution in [3.8, 4) is 0 Å². The topological polar surface area (TPSA) is 136 Å². The molecule has 0 aliphatic heterocycles. The number of Topliss-reactive ketones (excluding diaryl/α,β-unsaturated/α-hetero) is 1. The smallest absolute Gasteiger partial charge is 0.434 e. The van der Waals surface area contributed by atoms with Crippen LogP contribution in [0.1, 0.15) is 58.8 Å². The Balaban J connectivity index is 1.48. The number of unbranched alkanes of at least 4 members (excludes halogenated alkanes) is 1. The van der Waals surface area contributed by atoms with Gasteiger partial charge in [0.15, 0.2) is 12.4 Å². The molecule has 3 saturated carbocycles. The monoisotopic (exact) mass is 475 g/mol. The second kappa shape index (κ2) is 9.21. The van der Waals surface area contributed by atoms with Crippen LogP contribution in [0.25, 0.3) is 0 Å². The van der Waals surface area contributed by atoms with Gasteiger partial charge in [-0.1, -0.05) is 25.5 Å². The highest BCUT2D eigenvalue weighted by atomic mass is 16.7. The summed E-state index contributed by atoms with van der Waals surface area (Å²) in [6.45, 7) is 4.08. The van der Waals surface area contributed by atoms with E-state index in [0.29, 0.717) is 19.4 Å². The third-order valence-corrected chi connectivity index (χ3v) is 9.25. The number of aliphatic hydroxyl groups is 2. The van der Waals surface area contributed by atoms with Crippen molar-refractivity contribution >= 4 is 17.7 Å². The van der Waals surface area contributed by atoms with Crippen LogP contribution in [0.2, 0.25) is 0 Å². The Kier molecular flexibility index (Phi) is 6.79. The molecule has 34 heavy (non-hydrogen) atoms. The average molecular weight is 476 g/mol. The van der Waals surface area contributed by atoms with Gasteiger partial charge < -0.3 is 25.4 Å². The summed E-state index contributed by atoms with van der Waals surface area (Å²) in [4.78, 5) is 36.9. The van der Waals surface area contributed by atoms with E-state index in [1.165, 1.54) is 0 Å². The van der Waals surface area contributed by atoms with Crippen LogP contribution in [0, 0.1) is 28.6 Å². The summed E-state index contributed by atoms with van der Waals surface area (Å²) < 4.78 is 9.96. The number of hydrogen-bond donors (Lipinski definition) is 3. The van der Waals surface area contributed by atoms with Gasteiger partial charge in [0.05, 0.1) is 12.7 Å². The molecular formula is C26H37NO7. The first kappa shape index (κ1) is 25.1. The Morgan fingerprint density at radius 2 is 1.97 bits per heavy atom. The number of hydrogen-bond acceptors (Lipinski definition) is 8. The predicted molar refractivity (Wildman–Crippen MR) is 124 cm³/mol. The molecule has 4 aliphatic carbocycles. The maximum atomic E-state index is 13.2. The fraction of sp³-hybridized carbons (Fsp3) is 0.731. The van der Waals surface area contributed by atoms with Gasteiger partial charge in [-0.15, -0.1) is 0 Å². The summed E-state index contributed by atoms with van der Waals surface area (Å²) in [5.74, 6) is -0.480. The molecule has 0 aromatic rings. The molecule has 0 saturated heterocycles. The summed E-state index contributed by atoms with van der Waals surface area (Å²) in [5.41, 5.74) is 3.56. The fourth-order valence-corrected chi connectivity index (χ4v) is 7.48. The molecule has 0 heterocycles. The molecule has 8 heteroatoms. The number of rotatable bonds is 7. The lowest BCUT2D eigenvalue weighted by molar-refractivity contribution is -0.179. The zero-order valence-corrected chi connectivity index (χ0v) is 20.1. The maximum absolute atomic E-state index is 13.2. The Bertz CT molecular complexity index is 913. The SMILES string of the molecule is C[C@]12C=CC(=O)C=C1CC[C@@H]1[C@@H]2[C@@H](O)C[C@@]2(C)[C@H]1CC[C@]2(O)C(=O)COC(=O)OCCCCN. The molecule has 4 N–H and O–H groups in total. The second-order valence-corrected chi connectivity index (χ2v) is 10.9. The standard InChI is InChI=1S/C26H37NO7/c1-24-9-7-17(28)13-16(24)5-6-18-19-8-10-26(32,25(19,2)14-20(29)22(18)24)21(30)15-34-23(31)33-12-4-3-11-27/h7,9,13,18-20,22,29,32H,3-6,8,10-12,14-15,27H2,1-2H3/t18-,19-,20-,22+,24-,25-,26-/m0/s1. The lowest BCUT2D eigenvalue weighted by atomic mass is 9.46. The first-order chi connectivity index (χ1) is 16.1. The number of allylic oxidation sites excluding steroid dienone is 4. The summed E-state index contributed by atoms with van der Waals surface area (Å²) in [6.07, 6.45) is 7.67. The number of ketones is 2. The number of ether oxygens (including phenoxy) is 2. The molecule has 3 fully saturated rings. The van der Waals surface area contributed by atoms with E-state index in [1.807, 2.05) is 13.0 Å². The van der Waals surface area contributed by atoms with E-state index in [2.05, 4.69) is 6.92 Å². The average Bonchev–Trinajstić information content (AvgIpc) is 3.06. The Morgan fingerprint density at radius 1 is 1.21 bits per heavy atom. The number of carbonyl (C=O) groups excluding carboxylic acids is 3. The van der Waals surface area contributed by atoms with E-state index < -0.39 is 41.1 Å². The van der Waals surface area contributed by atoms with E-state index in [-0.39, 0.29) is 43.0 Å². The van der Waals surface area contributed by atoms with Crippen LogP contribution in [0.3, 0.4) is 0 Å². The molecule has 0 amide bonds. The van der Waals surface area contributed by atoms with Gasteiger partial charge in [-0.25, -0.2) is 4.79 Å². The van der Waals surface area contributed by atoms with Gasteiger partial charge in [0.1, 0.15) is 5.60 Å². The highest BCUT2D eigenvalue weighted by molar-refractivity contribution is 6.01. The van der Waals surface area contributed by atoms with Gasteiger partial charge >= 0.3 is 6.16 Å². The molecular weight excluding hydrogens is 438 g/mol. The van der Waals surface area contributed by atoms with Gasteiger partial charge in [0.25, 0.3) is 0 Å². The third kappa shape index (κ3) is 3.93. The van der Waals surface area contributed by atoms with Crippen LogP contribution in [0.5, 0.6) is 0 Å². The van der Waals surface area contributed by atoms with E-state index in [9.17, 15) is 24.6 Å². The Morgan fingerprint density at radius 3 is 2.71 bits per heavy atom. The molecule has 8 nitrogen and oxygen atoms in total. The zero-order chi connectivity index (χ0) is 24.7. The largest absolute Gasteiger partial charge is 0.508 e. The number of nitrogens with two attached hydrogens (primary N) is 1. The quantitative estimate of drug-likeness (QED) is 0.377. The minimum atomic E-state index is -1.68. The fourth-order valence-electron chi connectivity index (χ4n) is 7.48. The minimum Gasteiger partial charge on any atom is -0.434 e. The normalized spacial score (nSPS) is 40.6. The molecule has 188 valence electrons. The van der Waals surface area contributed by atoms with Gasteiger partial charge in [0, 0.05) is 16.7 Å². The van der Waals surface area contributed by atoms with Gasteiger partial charge in [-0.2, -0.15) is 0 Å². The maximum Gasteiger partial charge on any atom is 0.508 e. The van der Waals surface area contributed by atoms with Crippen molar-refractivity contribution in [2.75, 3.05) is 19.8 Å². The lowest BCUT2D eigenvalue weighted by Gasteiger charge is -2.59. The van der Waals surface area contributed by atoms with Crippen molar-refractivity contribution in [1.29, 1.82) is 0 Å². The van der Waals surface area contributed by atoms with Crippen molar-refractivity contribution < 1.29 is 34.1 Å². The van der Waals surface area contributed by atoms with Crippen LogP contribution in [-0.4, -0.2) is 59.4 Å². The van der Waals surface area contributed by atoms with Gasteiger partial charge in [-0.05, 0) is 75.5 Å². The highest BCUT2D eigenvalue weighted by Gasteiger charge is 2.68. The third-order valence-electron chi connectivity index (χ3n) is 9.25. The molecule has 7 atom stereocenters. The summed E-state index contributed by atoms with van der Waals surface area (Å²) in [7, 11) is 0. The van der Waals surface area contributed by atoms with Crippen LogP contribution < -0.4 is 5.73 Å². The molecule has 4 rings (SSSR count). The molecule has 0 spiro atoms. The predicted octanol–water partition coefficient (Wildman–Crippen LogP) is 2.46. The zero-order valence-electron chi connectivity index (χ0n) is 20.1.